The number of carbonyl (C=O) groups is 3. The van der Waals surface area contributed by atoms with Crippen molar-refractivity contribution in [1.82, 2.24) is 5.32 Å². The van der Waals surface area contributed by atoms with E-state index in [-0.39, 0.29) is 24.1 Å². The topological polar surface area (TPSA) is 87.3 Å². The lowest BCUT2D eigenvalue weighted by atomic mass is 10.1. The zero-order chi connectivity index (χ0) is 24.5. The van der Waals surface area contributed by atoms with E-state index >= 15 is 0 Å². The van der Waals surface area contributed by atoms with E-state index in [0.717, 1.165) is 11.1 Å². The molecule has 6 nitrogen and oxygen atoms in total. The van der Waals surface area contributed by atoms with Crippen molar-refractivity contribution in [2.45, 2.75) is 13.0 Å². The number of rotatable bonds is 8. The van der Waals surface area contributed by atoms with Crippen molar-refractivity contribution < 1.29 is 14.4 Å². The van der Waals surface area contributed by atoms with E-state index < -0.39 is 0 Å². The normalized spacial score (nSPS) is 10.3. The van der Waals surface area contributed by atoms with Crippen LogP contribution >= 0.6 is 0 Å². The molecule has 0 heterocycles. The van der Waals surface area contributed by atoms with Crippen LogP contribution in [0.3, 0.4) is 0 Å². The van der Waals surface area contributed by atoms with Gasteiger partial charge in [-0.25, -0.2) is 0 Å². The van der Waals surface area contributed by atoms with E-state index in [1.807, 2.05) is 60.7 Å². The van der Waals surface area contributed by atoms with Crippen molar-refractivity contribution in [2.75, 3.05) is 10.6 Å². The molecule has 0 aliphatic heterocycles. The fourth-order valence-electron chi connectivity index (χ4n) is 3.55. The third kappa shape index (κ3) is 6.65. The van der Waals surface area contributed by atoms with Crippen molar-refractivity contribution in [3.63, 3.8) is 0 Å². The molecule has 0 saturated carbocycles. The Bertz CT molecular complexity index is 1300. The van der Waals surface area contributed by atoms with Crippen molar-refractivity contribution in [2.24, 2.45) is 0 Å². The van der Waals surface area contributed by atoms with Crippen LogP contribution in [0.1, 0.15) is 31.8 Å². The van der Waals surface area contributed by atoms with Gasteiger partial charge in [0.15, 0.2) is 0 Å². The van der Waals surface area contributed by atoms with Crippen molar-refractivity contribution in [3.05, 3.63) is 131 Å². The Balaban J connectivity index is 1.36. The minimum Gasteiger partial charge on any atom is -0.348 e. The molecule has 4 rings (SSSR count). The molecule has 0 fully saturated rings. The first kappa shape index (κ1) is 23.4. The molecule has 35 heavy (non-hydrogen) atoms. The molecular formula is C29H25N3O3. The second-order valence-corrected chi connectivity index (χ2v) is 7.96. The zero-order valence-electron chi connectivity index (χ0n) is 19.0. The lowest BCUT2D eigenvalue weighted by Crippen LogP contribution is -2.24. The average molecular weight is 464 g/mol. The third-order valence-electron chi connectivity index (χ3n) is 5.35. The standard InChI is InChI=1S/C29H25N3O3/c33-27(19-21-9-3-1-4-10-21)31-24-17-15-23(16-18-24)28(34)32-26-14-8-7-13-25(26)29(35)30-20-22-11-5-2-6-12-22/h1-18H,19-20H2,(H,30,35)(H,31,33)(H,32,34). The van der Waals surface area contributed by atoms with Gasteiger partial charge in [-0.1, -0.05) is 72.8 Å². The van der Waals surface area contributed by atoms with Crippen LogP contribution in [0.4, 0.5) is 11.4 Å². The summed E-state index contributed by atoms with van der Waals surface area (Å²) in [7, 11) is 0. The first-order chi connectivity index (χ1) is 17.1. The quantitative estimate of drug-likeness (QED) is 0.342. The summed E-state index contributed by atoms with van der Waals surface area (Å²) < 4.78 is 0. The number of nitrogens with one attached hydrogen (secondary N) is 3. The first-order valence-electron chi connectivity index (χ1n) is 11.2. The third-order valence-corrected chi connectivity index (χ3v) is 5.35. The van der Waals surface area contributed by atoms with Gasteiger partial charge in [0.1, 0.15) is 0 Å². The Hall–Kier alpha value is -4.71. The highest BCUT2D eigenvalue weighted by Gasteiger charge is 2.14. The minimum absolute atomic E-state index is 0.135. The van der Waals surface area contributed by atoms with Gasteiger partial charge >= 0.3 is 0 Å². The highest BCUT2D eigenvalue weighted by molar-refractivity contribution is 6.09. The van der Waals surface area contributed by atoms with Crippen LogP contribution in [-0.2, 0) is 17.8 Å². The van der Waals surface area contributed by atoms with E-state index in [1.165, 1.54) is 0 Å². The van der Waals surface area contributed by atoms with Crippen LogP contribution in [0, 0.1) is 0 Å². The van der Waals surface area contributed by atoms with Crippen LogP contribution in [0.25, 0.3) is 0 Å². The Kier molecular flexibility index (Phi) is 7.66. The van der Waals surface area contributed by atoms with Crippen LogP contribution in [0.15, 0.2) is 109 Å². The van der Waals surface area contributed by atoms with Gasteiger partial charge in [-0.2, -0.15) is 0 Å². The number of para-hydroxylation sites is 1. The minimum atomic E-state index is -0.351. The smallest absolute Gasteiger partial charge is 0.255 e. The van der Waals surface area contributed by atoms with Gasteiger partial charge in [0.05, 0.1) is 17.7 Å². The molecule has 0 unspecified atom stereocenters. The highest BCUT2D eigenvalue weighted by Crippen LogP contribution is 2.18. The average Bonchev–Trinajstić information content (AvgIpc) is 2.89. The Morgan fingerprint density at radius 1 is 0.571 bits per heavy atom. The summed E-state index contributed by atoms with van der Waals surface area (Å²) in [6.45, 7) is 0.388. The van der Waals surface area contributed by atoms with Crippen LogP contribution in [0.5, 0.6) is 0 Å². The summed E-state index contributed by atoms with van der Waals surface area (Å²) >= 11 is 0. The van der Waals surface area contributed by atoms with Gasteiger partial charge in [0.2, 0.25) is 5.91 Å². The molecule has 3 amide bonds. The van der Waals surface area contributed by atoms with Crippen molar-refractivity contribution >= 4 is 29.1 Å². The monoisotopic (exact) mass is 463 g/mol. The molecule has 0 spiro atoms. The van der Waals surface area contributed by atoms with Gasteiger partial charge in [0, 0.05) is 17.8 Å². The molecule has 174 valence electrons. The summed E-state index contributed by atoms with van der Waals surface area (Å²) in [6.07, 6.45) is 0.270. The fourth-order valence-corrected chi connectivity index (χ4v) is 3.55. The molecule has 0 atom stereocenters. The number of carbonyl (C=O) groups excluding carboxylic acids is 3. The molecule has 3 N–H and O–H groups in total. The first-order valence-corrected chi connectivity index (χ1v) is 11.2. The summed E-state index contributed by atoms with van der Waals surface area (Å²) in [5.41, 5.74) is 3.71. The van der Waals surface area contributed by atoms with Crippen LogP contribution < -0.4 is 16.0 Å². The van der Waals surface area contributed by atoms with E-state index in [4.69, 9.17) is 0 Å². The number of benzene rings is 4. The van der Waals surface area contributed by atoms with Gasteiger partial charge in [-0.3, -0.25) is 14.4 Å². The predicted molar refractivity (Wildman–Crippen MR) is 137 cm³/mol. The predicted octanol–water partition coefficient (Wildman–Crippen LogP) is 5.05. The molecular weight excluding hydrogens is 438 g/mol. The lowest BCUT2D eigenvalue weighted by molar-refractivity contribution is -0.115. The fraction of sp³-hybridized carbons (Fsp3) is 0.0690. The van der Waals surface area contributed by atoms with E-state index in [0.29, 0.717) is 29.0 Å². The molecule has 0 aliphatic carbocycles. The second kappa shape index (κ2) is 11.4. The number of hydrogen-bond donors (Lipinski definition) is 3. The number of anilines is 2. The lowest BCUT2D eigenvalue weighted by Gasteiger charge is -2.12. The van der Waals surface area contributed by atoms with E-state index in [9.17, 15) is 14.4 Å². The van der Waals surface area contributed by atoms with Gasteiger partial charge in [-0.15, -0.1) is 0 Å². The molecule has 6 heteroatoms. The van der Waals surface area contributed by atoms with E-state index in [1.54, 1.807) is 48.5 Å². The van der Waals surface area contributed by atoms with Crippen LogP contribution in [-0.4, -0.2) is 17.7 Å². The largest absolute Gasteiger partial charge is 0.348 e. The van der Waals surface area contributed by atoms with Crippen molar-refractivity contribution in [3.8, 4) is 0 Å². The maximum Gasteiger partial charge on any atom is 0.255 e. The number of amides is 3. The maximum atomic E-state index is 12.8. The van der Waals surface area contributed by atoms with Crippen LogP contribution in [0.2, 0.25) is 0 Å². The summed E-state index contributed by atoms with van der Waals surface area (Å²) in [5, 5.41) is 8.53. The van der Waals surface area contributed by atoms with E-state index in [2.05, 4.69) is 16.0 Å². The molecule has 0 aromatic heterocycles. The number of hydrogen-bond acceptors (Lipinski definition) is 3. The molecule has 0 aliphatic rings. The summed E-state index contributed by atoms with van der Waals surface area (Å²) in [5.74, 6) is -0.763. The molecule has 0 saturated heterocycles. The molecule has 4 aromatic rings. The molecule has 4 aromatic carbocycles. The highest BCUT2D eigenvalue weighted by atomic mass is 16.2. The Morgan fingerprint density at radius 2 is 1.17 bits per heavy atom. The zero-order valence-corrected chi connectivity index (χ0v) is 19.0. The summed E-state index contributed by atoms with van der Waals surface area (Å²) in [6, 6.07) is 32.6. The molecule has 0 bridgehead atoms. The van der Waals surface area contributed by atoms with Gasteiger partial charge in [-0.05, 0) is 47.5 Å². The summed E-state index contributed by atoms with van der Waals surface area (Å²) in [4.78, 5) is 37.8. The van der Waals surface area contributed by atoms with Gasteiger partial charge < -0.3 is 16.0 Å². The Labute approximate surface area is 204 Å². The molecule has 0 radical (unpaired) electrons. The van der Waals surface area contributed by atoms with Gasteiger partial charge in [0.25, 0.3) is 11.8 Å². The van der Waals surface area contributed by atoms with Crippen molar-refractivity contribution in [1.29, 1.82) is 0 Å². The SMILES string of the molecule is O=C(Cc1ccccc1)Nc1ccc(C(=O)Nc2ccccc2C(=O)NCc2ccccc2)cc1. The second-order valence-electron chi connectivity index (χ2n) is 7.96. The Morgan fingerprint density at radius 3 is 1.86 bits per heavy atom. The maximum absolute atomic E-state index is 12.8.